The van der Waals surface area contributed by atoms with E-state index in [9.17, 15) is 5.11 Å². The summed E-state index contributed by atoms with van der Waals surface area (Å²) < 4.78 is 0. The Morgan fingerprint density at radius 3 is 2.25 bits per heavy atom. The molecule has 0 aliphatic rings. The Hall–Kier alpha value is -0.920. The maximum atomic E-state index is 9.27. The van der Waals surface area contributed by atoms with E-state index in [1.54, 1.807) is 26.0 Å². The van der Waals surface area contributed by atoms with Gasteiger partial charge in [-0.25, -0.2) is 0 Å². The average Bonchev–Trinajstić information content (AvgIpc) is 2.11. The van der Waals surface area contributed by atoms with Crippen LogP contribution in [-0.4, -0.2) is 10.2 Å². The Balaban J connectivity index is 3.79. The van der Waals surface area contributed by atoms with Crippen LogP contribution in [0.5, 0.6) is 0 Å². The van der Waals surface area contributed by atoms with E-state index in [2.05, 4.69) is 0 Å². The van der Waals surface area contributed by atoms with Gasteiger partial charge in [-0.05, 0) is 32.4 Å². The van der Waals surface area contributed by atoms with Crippen molar-refractivity contribution in [2.24, 2.45) is 5.92 Å². The van der Waals surface area contributed by atoms with E-state index in [1.165, 1.54) is 0 Å². The normalized spacial score (nSPS) is 16.2. The van der Waals surface area contributed by atoms with Crippen LogP contribution in [0.4, 0.5) is 0 Å². The topological polar surface area (TPSA) is 40.5 Å². The summed E-state index contributed by atoms with van der Waals surface area (Å²) in [4.78, 5) is 0. The predicted octanol–water partition coefficient (Wildman–Crippen LogP) is 3.33. The molecule has 70 valence electrons. The van der Waals surface area contributed by atoms with Gasteiger partial charge in [0, 0.05) is 12.3 Å². The Bertz CT molecular complexity index is 180. The van der Waals surface area contributed by atoms with Crippen molar-refractivity contribution in [2.75, 3.05) is 0 Å². The second kappa shape index (κ2) is 5.70. The third-order valence-corrected chi connectivity index (χ3v) is 1.97. The highest BCUT2D eigenvalue weighted by atomic mass is 16.3. The third kappa shape index (κ3) is 4.06. The lowest BCUT2D eigenvalue weighted by Gasteiger charge is -2.09. The first kappa shape index (κ1) is 11.1. The van der Waals surface area contributed by atoms with Gasteiger partial charge in [-0.15, -0.1) is 0 Å². The van der Waals surface area contributed by atoms with E-state index in [0.29, 0.717) is 17.9 Å². The highest BCUT2D eigenvalue weighted by molar-refractivity contribution is 4.95. The first-order chi connectivity index (χ1) is 5.61. The molecule has 1 atom stereocenters. The minimum Gasteiger partial charge on any atom is -0.513 e. The molecule has 2 heteroatoms. The highest BCUT2D eigenvalue weighted by Gasteiger charge is 2.06. The van der Waals surface area contributed by atoms with Gasteiger partial charge in [-0.1, -0.05) is 6.92 Å². The summed E-state index contributed by atoms with van der Waals surface area (Å²) in [5, 5.41) is 18.4. The summed E-state index contributed by atoms with van der Waals surface area (Å²) in [5.41, 5.74) is 0. The van der Waals surface area contributed by atoms with Crippen LogP contribution in [0.2, 0.25) is 0 Å². The van der Waals surface area contributed by atoms with Crippen LogP contribution in [0, 0.1) is 5.92 Å². The zero-order chi connectivity index (χ0) is 9.56. The number of allylic oxidation sites excluding steroid dienone is 4. The summed E-state index contributed by atoms with van der Waals surface area (Å²) >= 11 is 0. The first-order valence-electron chi connectivity index (χ1n) is 4.31. The van der Waals surface area contributed by atoms with Gasteiger partial charge >= 0.3 is 0 Å². The van der Waals surface area contributed by atoms with E-state index in [1.807, 2.05) is 6.92 Å². The van der Waals surface area contributed by atoms with E-state index >= 15 is 0 Å². The van der Waals surface area contributed by atoms with Crippen molar-refractivity contribution in [1.29, 1.82) is 0 Å². The molecule has 0 spiro atoms. The van der Waals surface area contributed by atoms with Gasteiger partial charge in [0.1, 0.15) is 0 Å². The lowest BCUT2D eigenvalue weighted by molar-refractivity contribution is 0.314. The fraction of sp³-hybridized carbons (Fsp3) is 0.600. The van der Waals surface area contributed by atoms with Crippen molar-refractivity contribution in [3.05, 3.63) is 23.7 Å². The number of hydrogen-bond acceptors (Lipinski definition) is 2. The van der Waals surface area contributed by atoms with Gasteiger partial charge in [0.2, 0.25) is 0 Å². The Labute approximate surface area is 74.2 Å². The van der Waals surface area contributed by atoms with E-state index in [-0.39, 0.29) is 5.92 Å². The second-order valence-corrected chi connectivity index (χ2v) is 2.93. The molecule has 0 bridgehead atoms. The third-order valence-electron chi connectivity index (χ3n) is 1.97. The quantitative estimate of drug-likeness (QED) is 0.635. The van der Waals surface area contributed by atoms with Crippen LogP contribution in [-0.2, 0) is 0 Å². The molecular formula is C10H18O2. The molecule has 0 saturated heterocycles. The van der Waals surface area contributed by atoms with Crippen LogP contribution in [0.15, 0.2) is 23.7 Å². The molecule has 0 aromatic carbocycles. The standard InChI is InChI=1S/C10H18O2/c1-4-9(11)7-6-8(3)10(12)5-2/h4-5,8,11-12H,6-7H2,1-3H3. The number of aliphatic hydroxyl groups is 2. The molecule has 0 aromatic rings. The largest absolute Gasteiger partial charge is 0.513 e. The lowest BCUT2D eigenvalue weighted by atomic mass is 10.0. The number of hydrogen-bond donors (Lipinski definition) is 2. The summed E-state index contributed by atoms with van der Waals surface area (Å²) in [5.74, 6) is 0.932. The van der Waals surface area contributed by atoms with Crippen molar-refractivity contribution in [3.8, 4) is 0 Å². The average molecular weight is 170 g/mol. The van der Waals surface area contributed by atoms with Crippen LogP contribution in [0.25, 0.3) is 0 Å². The van der Waals surface area contributed by atoms with Crippen LogP contribution < -0.4 is 0 Å². The SMILES string of the molecule is CC=C(O)CCC(C)C(O)=CC. The molecule has 0 fully saturated rings. The highest BCUT2D eigenvalue weighted by Crippen LogP contribution is 2.16. The summed E-state index contributed by atoms with van der Waals surface area (Å²) in [6.07, 6.45) is 4.79. The minimum atomic E-state index is 0.136. The van der Waals surface area contributed by atoms with Crippen LogP contribution in [0.1, 0.15) is 33.6 Å². The lowest BCUT2D eigenvalue weighted by Crippen LogP contribution is -1.99. The monoisotopic (exact) mass is 170 g/mol. The Morgan fingerprint density at radius 1 is 1.25 bits per heavy atom. The summed E-state index contributed by atoms with van der Waals surface area (Å²) in [6.45, 7) is 5.55. The van der Waals surface area contributed by atoms with Gasteiger partial charge in [0.15, 0.2) is 0 Å². The fourth-order valence-electron chi connectivity index (χ4n) is 0.941. The van der Waals surface area contributed by atoms with Crippen molar-refractivity contribution < 1.29 is 10.2 Å². The maximum absolute atomic E-state index is 9.27. The van der Waals surface area contributed by atoms with Crippen molar-refractivity contribution >= 4 is 0 Å². The molecule has 0 aliphatic heterocycles. The van der Waals surface area contributed by atoms with Gasteiger partial charge in [-0.3, -0.25) is 0 Å². The van der Waals surface area contributed by atoms with Crippen molar-refractivity contribution in [3.63, 3.8) is 0 Å². The zero-order valence-electron chi connectivity index (χ0n) is 8.04. The van der Waals surface area contributed by atoms with Gasteiger partial charge < -0.3 is 10.2 Å². The minimum absolute atomic E-state index is 0.136. The molecule has 0 rings (SSSR count). The molecular weight excluding hydrogens is 152 g/mol. The molecule has 0 amide bonds. The predicted molar refractivity (Wildman–Crippen MR) is 51.2 cm³/mol. The first-order valence-corrected chi connectivity index (χ1v) is 4.31. The molecule has 0 radical (unpaired) electrons. The molecule has 0 saturated carbocycles. The van der Waals surface area contributed by atoms with Crippen LogP contribution in [0.3, 0.4) is 0 Å². The van der Waals surface area contributed by atoms with E-state index < -0.39 is 0 Å². The van der Waals surface area contributed by atoms with E-state index in [4.69, 9.17) is 5.11 Å². The molecule has 2 nitrogen and oxygen atoms in total. The zero-order valence-corrected chi connectivity index (χ0v) is 8.04. The molecule has 1 unspecified atom stereocenters. The van der Waals surface area contributed by atoms with Crippen molar-refractivity contribution in [2.45, 2.75) is 33.6 Å². The smallest absolute Gasteiger partial charge is 0.0908 e. The van der Waals surface area contributed by atoms with Crippen molar-refractivity contribution in [1.82, 2.24) is 0 Å². The molecule has 12 heavy (non-hydrogen) atoms. The van der Waals surface area contributed by atoms with Gasteiger partial charge in [0.05, 0.1) is 11.5 Å². The van der Waals surface area contributed by atoms with E-state index in [0.717, 1.165) is 6.42 Å². The van der Waals surface area contributed by atoms with Gasteiger partial charge in [-0.2, -0.15) is 0 Å². The molecule has 0 heterocycles. The molecule has 0 aromatic heterocycles. The second-order valence-electron chi connectivity index (χ2n) is 2.93. The maximum Gasteiger partial charge on any atom is 0.0908 e. The Kier molecular flexibility index (Phi) is 5.26. The number of rotatable bonds is 4. The Morgan fingerprint density at radius 2 is 1.83 bits per heavy atom. The summed E-state index contributed by atoms with van der Waals surface area (Å²) in [6, 6.07) is 0. The number of aliphatic hydroxyl groups excluding tert-OH is 2. The summed E-state index contributed by atoms with van der Waals surface area (Å²) in [7, 11) is 0. The van der Waals surface area contributed by atoms with Crippen LogP contribution >= 0.6 is 0 Å². The molecule has 2 N–H and O–H groups in total. The van der Waals surface area contributed by atoms with Gasteiger partial charge in [0.25, 0.3) is 0 Å². The molecule has 0 aliphatic carbocycles. The fourth-order valence-corrected chi connectivity index (χ4v) is 0.941.